The minimum absolute atomic E-state index is 0.500. The molecule has 2 rings (SSSR count). The Balaban J connectivity index is 1.79. The molecule has 0 radical (unpaired) electrons. The van der Waals surface area contributed by atoms with Crippen LogP contribution in [0, 0.1) is 0 Å². The number of hydrogen-bond acceptors (Lipinski definition) is 3. The standard InChI is InChI=1S/C10H14ClNOS/c11-10-8(3-5-14-10)6-12-9-2-1-4-13-7-9/h3,5,9,12H,1-2,4,6-7H2/t9-/m1/s1. The zero-order valence-electron chi connectivity index (χ0n) is 7.96. The van der Waals surface area contributed by atoms with Gasteiger partial charge in [-0.2, -0.15) is 0 Å². The molecule has 1 saturated heterocycles. The van der Waals surface area contributed by atoms with E-state index >= 15 is 0 Å². The van der Waals surface area contributed by atoms with Gasteiger partial charge in [0.25, 0.3) is 0 Å². The van der Waals surface area contributed by atoms with Gasteiger partial charge in [0.2, 0.25) is 0 Å². The van der Waals surface area contributed by atoms with E-state index in [9.17, 15) is 0 Å². The second-order valence-corrected chi connectivity index (χ2v) is 5.03. The van der Waals surface area contributed by atoms with Crippen LogP contribution in [0.2, 0.25) is 4.34 Å². The number of nitrogens with one attached hydrogen (secondary N) is 1. The van der Waals surface area contributed by atoms with Gasteiger partial charge < -0.3 is 10.1 Å². The van der Waals surface area contributed by atoms with Gasteiger partial charge in [0.05, 0.1) is 10.9 Å². The molecule has 0 saturated carbocycles. The van der Waals surface area contributed by atoms with Gasteiger partial charge in [0.15, 0.2) is 0 Å². The monoisotopic (exact) mass is 231 g/mol. The molecule has 1 aromatic rings. The van der Waals surface area contributed by atoms with Gasteiger partial charge in [-0.3, -0.25) is 0 Å². The minimum Gasteiger partial charge on any atom is -0.380 e. The van der Waals surface area contributed by atoms with Crippen LogP contribution in [-0.4, -0.2) is 19.3 Å². The normalized spacial score (nSPS) is 22.5. The molecular formula is C10H14ClNOS. The molecule has 1 aliphatic heterocycles. The first-order chi connectivity index (χ1) is 6.86. The van der Waals surface area contributed by atoms with E-state index in [0.29, 0.717) is 6.04 Å². The van der Waals surface area contributed by atoms with Crippen LogP contribution < -0.4 is 5.32 Å². The van der Waals surface area contributed by atoms with Crippen LogP contribution in [0.1, 0.15) is 18.4 Å². The van der Waals surface area contributed by atoms with E-state index in [1.807, 2.05) is 5.38 Å². The van der Waals surface area contributed by atoms with E-state index in [-0.39, 0.29) is 0 Å². The molecule has 0 bridgehead atoms. The van der Waals surface area contributed by atoms with Crippen molar-refractivity contribution in [3.63, 3.8) is 0 Å². The summed E-state index contributed by atoms with van der Waals surface area (Å²) in [5, 5.41) is 5.49. The van der Waals surface area contributed by atoms with Crippen LogP contribution >= 0.6 is 22.9 Å². The molecular weight excluding hydrogens is 218 g/mol. The van der Waals surface area contributed by atoms with Crippen LogP contribution in [-0.2, 0) is 11.3 Å². The predicted octanol–water partition coefficient (Wildman–Crippen LogP) is 2.67. The summed E-state index contributed by atoms with van der Waals surface area (Å²) in [5.74, 6) is 0. The zero-order chi connectivity index (χ0) is 9.80. The van der Waals surface area contributed by atoms with Crippen molar-refractivity contribution in [3.8, 4) is 0 Å². The number of rotatable bonds is 3. The van der Waals surface area contributed by atoms with Crippen molar-refractivity contribution in [3.05, 3.63) is 21.3 Å². The van der Waals surface area contributed by atoms with Gasteiger partial charge >= 0.3 is 0 Å². The Morgan fingerprint density at radius 1 is 1.64 bits per heavy atom. The highest BCUT2D eigenvalue weighted by atomic mass is 35.5. The number of halogens is 1. The first kappa shape index (κ1) is 10.4. The Labute approximate surface area is 93.2 Å². The highest BCUT2D eigenvalue weighted by molar-refractivity contribution is 7.14. The molecule has 2 heterocycles. The number of ether oxygens (including phenoxy) is 1. The molecule has 0 amide bonds. The minimum atomic E-state index is 0.500. The molecule has 2 nitrogen and oxygen atoms in total. The van der Waals surface area contributed by atoms with E-state index in [1.165, 1.54) is 12.0 Å². The van der Waals surface area contributed by atoms with Gasteiger partial charge in [0, 0.05) is 19.2 Å². The lowest BCUT2D eigenvalue weighted by Gasteiger charge is -2.23. The lowest BCUT2D eigenvalue weighted by Crippen LogP contribution is -2.36. The number of thiophene rings is 1. The molecule has 1 aliphatic rings. The smallest absolute Gasteiger partial charge is 0.0973 e. The van der Waals surface area contributed by atoms with Gasteiger partial charge in [-0.15, -0.1) is 11.3 Å². The Morgan fingerprint density at radius 3 is 3.21 bits per heavy atom. The highest BCUT2D eigenvalue weighted by Gasteiger charge is 2.13. The quantitative estimate of drug-likeness (QED) is 0.864. The van der Waals surface area contributed by atoms with Crippen LogP contribution in [0.3, 0.4) is 0 Å². The second-order valence-electron chi connectivity index (χ2n) is 3.51. The van der Waals surface area contributed by atoms with Crippen molar-refractivity contribution >= 4 is 22.9 Å². The molecule has 0 unspecified atom stereocenters. The zero-order valence-corrected chi connectivity index (χ0v) is 9.53. The van der Waals surface area contributed by atoms with Gasteiger partial charge in [-0.05, 0) is 29.9 Å². The third-order valence-corrected chi connectivity index (χ3v) is 3.69. The Kier molecular flexibility index (Phi) is 3.81. The molecule has 4 heteroatoms. The van der Waals surface area contributed by atoms with Gasteiger partial charge in [-0.25, -0.2) is 0 Å². The Morgan fingerprint density at radius 2 is 2.57 bits per heavy atom. The maximum atomic E-state index is 6.00. The third-order valence-electron chi connectivity index (χ3n) is 2.43. The van der Waals surface area contributed by atoms with Crippen molar-refractivity contribution in [1.29, 1.82) is 0 Å². The van der Waals surface area contributed by atoms with E-state index in [0.717, 1.165) is 30.5 Å². The summed E-state index contributed by atoms with van der Waals surface area (Å²) in [5.41, 5.74) is 1.20. The lowest BCUT2D eigenvalue weighted by atomic mass is 10.1. The molecule has 1 aromatic heterocycles. The first-order valence-corrected chi connectivity index (χ1v) is 6.15. The summed E-state index contributed by atoms with van der Waals surface area (Å²) in [4.78, 5) is 0. The van der Waals surface area contributed by atoms with Crippen LogP contribution in [0.4, 0.5) is 0 Å². The largest absolute Gasteiger partial charge is 0.380 e. The van der Waals surface area contributed by atoms with Crippen molar-refractivity contribution in [2.75, 3.05) is 13.2 Å². The lowest BCUT2D eigenvalue weighted by molar-refractivity contribution is 0.0699. The molecule has 0 spiro atoms. The summed E-state index contributed by atoms with van der Waals surface area (Å²) >= 11 is 7.59. The Hall–Kier alpha value is -0.0900. The average Bonchev–Trinajstić information content (AvgIpc) is 2.63. The van der Waals surface area contributed by atoms with E-state index in [2.05, 4.69) is 11.4 Å². The summed E-state index contributed by atoms with van der Waals surface area (Å²) in [6.45, 7) is 2.61. The fourth-order valence-electron chi connectivity index (χ4n) is 1.60. The molecule has 14 heavy (non-hydrogen) atoms. The van der Waals surface area contributed by atoms with Crippen LogP contribution in [0.15, 0.2) is 11.4 Å². The molecule has 0 aliphatic carbocycles. The highest BCUT2D eigenvalue weighted by Crippen LogP contribution is 2.22. The molecule has 1 fully saturated rings. The maximum Gasteiger partial charge on any atom is 0.0973 e. The fourth-order valence-corrected chi connectivity index (χ4v) is 2.53. The summed E-state index contributed by atoms with van der Waals surface area (Å²) < 4.78 is 6.29. The summed E-state index contributed by atoms with van der Waals surface area (Å²) in [6.07, 6.45) is 2.37. The van der Waals surface area contributed by atoms with Gasteiger partial charge in [-0.1, -0.05) is 11.6 Å². The summed E-state index contributed by atoms with van der Waals surface area (Å²) in [6, 6.07) is 2.57. The van der Waals surface area contributed by atoms with Crippen molar-refractivity contribution < 1.29 is 4.74 Å². The van der Waals surface area contributed by atoms with Crippen molar-refractivity contribution in [2.24, 2.45) is 0 Å². The topological polar surface area (TPSA) is 21.3 Å². The van der Waals surface area contributed by atoms with E-state index in [1.54, 1.807) is 11.3 Å². The molecule has 78 valence electrons. The molecule has 0 aromatic carbocycles. The molecule has 1 N–H and O–H groups in total. The van der Waals surface area contributed by atoms with Crippen molar-refractivity contribution in [2.45, 2.75) is 25.4 Å². The fraction of sp³-hybridized carbons (Fsp3) is 0.600. The predicted molar refractivity (Wildman–Crippen MR) is 60.0 cm³/mol. The van der Waals surface area contributed by atoms with E-state index < -0.39 is 0 Å². The van der Waals surface area contributed by atoms with Gasteiger partial charge in [0.1, 0.15) is 0 Å². The first-order valence-electron chi connectivity index (χ1n) is 4.89. The third kappa shape index (κ3) is 2.70. The molecule has 1 atom stereocenters. The number of hydrogen-bond donors (Lipinski definition) is 1. The Bertz CT molecular complexity index is 283. The van der Waals surface area contributed by atoms with Crippen LogP contribution in [0.25, 0.3) is 0 Å². The maximum absolute atomic E-state index is 6.00. The second kappa shape index (κ2) is 5.12. The van der Waals surface area contributed by atoms with Crippen LogP contribution in [0.5, 0.6) is 0 Å². The van der Waals surface area contributed by atoms with E-state index in [4.69, 9.17) is 16.3 Å². The SMILES string of the molecule is Clc1sccc1CN[C@@H]1CCCOC1. The average molecular weight is 232 g/mol. The summed E-state index contributed by atoms with van der Waals surface area (Å²) in [7, 11) is 0. The van der Waals surface area contributed by atoms with Crippen molar-refractivity contribution in [1.82, 2.24) is 5.32 Å².